The van der Waals surface area contributed by atoms with Gasteiger partial charge in [0, 0.05) is 29.4 Å². The fourth-order valence-electron chi connectivity index (χ4n) is 3.70. The number of ether oxygens (including phenoxy) is 1. The Morgan fingerprint density at radius 3 is 2.44 bits per heavy atom. The summed E-state index contributed by atoms with van der Waals surface area (Å²) in [6.07, 6.45) is 2.69. The van der Waals surface area contributed by atoms with E-state index in [9.17, 15) is 10.1 Å². The molecule has 0 bridgehead atoms. The molecule has 3 rings (SSSR count). The molecule has 2 aromatic carbocycles. The van der Waals surface area contributed by atoms with Crippen LogP contribution in [0.5, 0.6) is 0 Å². The maximum absolute atomic E-state index is 12.3. The molecule has 0 radical (unpaired) electrons. The molecule has 0 saturated heterocycles. The number of rotatable bonds is 12. The van der Waals surface area contributed by atoms with Crippen LogP contribution in [0, 0.1) is 17.2 Å². The van der Waals surface area contributed by atoms with Crippen LogP contribution in [0.2, 0.25) is 0 Å². The Kier molecular flexibility index (Phi) is 10.2. The minimum Gasteiger partial charge on any atom is -0.461 e. The molecular formula is C29H34N4O2S. The van der Waals surface area contributed by atoms with Crippen LogP contribution in [-0.4, -0.2) is 42.1 Å². The third-order valence-electron chi connectivity index (χ3n) is 5.79. The SMILES string of the molecule is CCN(CC)CCOC(=O)c1ccc(NC=C(C#N)c2nc(-c3ccc(CC(C)C)cc3)cs2)cc1. The zero-order valence-corrected chi connectivity index (χ0v) is 22.3. The Balaban J connectivity index is 1.59. The van der Waals surface area contributed by atoms with Gasteiger partial charge in [-0.2, -0.15) is 5.26 Å². The second-order valence-corrected chi connectivity index (χ2v) is 9.75. The first kappa shape index (κ1) is 27.1. The van der Waals surface area contributed by atoms with E-state index in [1.165, 1.54) is 16.9 Å². The highest BCUT2D eigenvalue weighted by molar-refractivity contribution is 7.11. The maximum atomic E-state index is 12.3. The quantitative estimate of drug-likeness (QED) is 0.225. The van der Waals surface area contributed by atoms with Crippen LogP contribution in [-0.2, 0) is 11.2 Å². The number of nitriles is 1. The molecular weight excluding hydrogens is 468 g/mol. The van der Waals surface area contributed by atoms with E-state index in [1.807, 2.05) is 5.38 Å². The van der Waals surface area contributed by atoms with Crippen molar-refractivity contribution in [3.63, 3.8) is 0 Å². The summed E-state index contributed by atoms with van der Waals surface area (Å²) in [6.45, 7) is 11.5. The molecule has 7 heteroatoms. The number of carbonyl (C=O) groups excluding carboxylic acids is 1. The van der Waals surface area contributed by atoms with E-state index < -0.39 is 0 Å². The molecule has 1 heterocycles. The molecule has 3 aromatic rings. The summed E-state index contributed by atoms with van der Waals surface area (Å²) in [7, 11) is 0. The number of hydrogen-bond acceptors (Lipinski definition) is 7. The average Bonchev–Trinajstić information content (AvgIpc) is 3.37. The monoisotopic (exact) mass is 502 g/mol. The third-order valence-corrected chi connectivity index (χ3v) is 6.66. The molecule has 0 atom stereocenters. The van der Waals surface area contributed by atoms with E-state index in [0.29, 0.717) is 28.7 Å². The Morgan fingerprint density at radius 1 is 1.14 bits per heavy atom. The van der Waals surface area contributed by atoms with Crippen molar-refractivity contribution in [1.82, 2.24) is 9.88 Å². The average molecular weight is 503 g/mol. The third kappa shape index (κ3) is 7.77. The summed E-state index contributed by atoms with van der Waals surface area (Å²) in [5, 5.41) is 15.4. The smallest absolute Gasteiger partial charge is 0.338 e. The lowest BCUT2D eigenvalue weighted by atomic mass is 10.0. The molecule has 0 spiro atoms. The number of aromatic nitrogens is 1. The predicted molar refractivity (Wildman–Crippen MR) is 148 cm³/mol. The van der Waals surface area contributed by atoms with Gasteiger partial charge in [0.05, 0.1) is 11.3 Å². The Bertz CT molecular complexity index is 1190. The van der Waals surface area contributed by atoms with Gasteiger partial charge in [-0.15, -0.1) is 11.3 Å². The first-order chi connectivity index (χ1) is 17.4. The molecule has 1 aromatic heterocycles. The van der Waals surface area contributed by atoms with Gasteiger partial charge in [0.1, 0.15) is 23.3 Å². The number of benzene rings is 2. The van der Waals surface area contributed by atoms with Gasteiger partial charge in [-0.3, -0.25) is 0 Å². The number of esters is 1. The second-order valence-electron chi connectivity index (χ2n) is 8.89. The molecule has 0 aliphatic carbocycles. The minimum atomic E-state index is -0.338. The second kappa shape index (κ2) is 13.6. The number of allylic oxidation sites excluding steroid dienone is 1. The zero-order valence-electron chi connectivity index (χ0n) is 21.5. The van der Waals surface area contributed by atoms with Gasteiger partial charge in [-0.1, -0.05) is 52.0 Å². The molecule has 0 unspecified atom stereocenters. The lowest BCUT2D eigenvalue weighted by Gasteiger charge is -2.17. The van der Waals surface area contributed by atoms with Crippen LogP contribution in [0.4, 0.5) is 5.69 Å². The van der Waals surface area contributed by atoms with Crippen molar-refractivity contribution in [1.29, 1.82) is 5.26 Å². The summed E-state index contributed by atoms with van der Waals surface area (Å²) in [5.41, 5.74) is 4.91. The van der Waals surface area contributed by atoms with Gasteiger partial charge in [-0.25, -0.2) is 9.78 Å². The summed E-state index contributed by atoms with van der Waals surface area (Å²) in [4.78, 5) is 19.1. The molecule has 0 fully saturated rings. The predicted octanol–water partition coefficient (Wildman–Crippen LogP) is 6.48. The van der Waals surface area contributed by atoms with Crippen LogP contribution in [0.25, 0.3) is 16.8 Å². The van der Waals surface area contributed by atoms with Gasteiger partial charge < -0.3 is 15.0 Å². The van der Waals surface area contributed by atoms with Crippen molar-refractivity contribution in [3.05, 3.63) is 76.2 Å². The van der Waals surface area contributed by atoms with E-state index >= 15 is 0 Å². The van der Waals surface area contributed by atoms with Gasteiger partial charge in [0.2, 0.25) is 0 Å². The molecule has 188 valence electrons. The largest absolute Gasteiger partial charge is 0.461 e. The van der Waals surface area contributed by atoms with Crippen molar-refractivity contribution in [2.75, 3.05) is 31.6 Å². The fourth-order valence-corrected chi connectivity index (χ4v) is 4.50. The number of hydrogen-bond donors (Lipinski definition) is 1. The van der Waals surface area contributed by atoms with Crippen LogP contribution >= 0.6 is 11.3 Å². The highest BCUT2D eigenvalue weighted by Gasteiger charge is 2.11. The van der Waals surface area contributed by atoms with Gasteiger partial charge >= 0.3 is 5.97 Å². The molecule has 0 amide bonds. The summed E-state index contributed by atoms with van der Waals surface area (Å²) in [6, 6.07) is 17.7. The normalized spacial score (nSPS) is 11.5. The number of carbonyl (C=O) groups is 1. The highest BCUT2D eigenvalue weighted by atomic mass is 32.1. The van der Waals surface area contributed by atoms with E-state index in [-0.39, 0.29) is 5.97 Å². The Hall–Kier alpha value is -3.47. The fraction of sp³-hybridized carbons (Fsp3) is 0.345. The Morgan fingerprint density at radius 2 is 1.83 bits per heavy atom. The zero-order chi connectivity index (χ0) is 25.9. The molecule has 0 aliphatic rings. The molecule has 6 nitrogen and oxygen atoms in total. The number of thiazole rings is 1. The van der Waals surface area contributed by atoms with Crippen molar-refractivity contribution in [3.8, 4) is 17.3 Å². The van der Waals surface area contributed by atoms with Crippen LogP contribution in [0.3, 0.4) is 0 Å². The highest BCUT2D eigenvalue weighted by Crippen LogP contribution is 2.27. The molecule has 0 saturated carbocycles. The molecule has 1 N–H and O–H groups in total. The standard InChI is InChI=1S/C29H34N4O2S/c1-5-33(6-2)15-16-35-29(34)24-11-13-26(14-12-24)31-19-25(18-30)28-32-27(20-36-28)23-9-7-22(8-10-23)17-21(3)4/h7-14,19-21,31H,5-6,15-17H2,1-4H3. The number of likely N-dealkylation sites (N-methyl/N-ethyl adjacent to an activating group) is 1. The summed E-state index contributed by atoms with van der Waals surface area (Å²) in [5.74, 6) is 0.277. The van der Waals surface area contributed by atoms with Crippen molar-refractivity contribution in [2.24, 2.45) is 5.92 Å². The van der Waals surface area contributed by atoms with Crippen LogP contribution < -0.4 is 5.32 Å². The lowest BCUT2D eigenvalue weighted by molar-refractivity contribution is 0.0466. The number of anilines is 1. The van der Waals surface area contributed by atoms with Crippen molar-refractivity contribution >= 4 is 28.6 Å². The molecule has 36 heavy (non-hydrogen) atoms. The number of nitrogens with zero attached hydrogens (tertiary/aromatic N) is 3. The molecule has 0 aliphatic heterocycles. The van der Waals surface area contributed by atoms with Gasteiger partial charge in [0.25, 0.3) is 0 Å². The van der Waals surface area contributed by atoms with Crippen LogP contribution in [0.1, 0.15) is 48.6 Å². The topological polar surface area (TPSA) is 78.2 Å². The van der Waals surface area contributed by atoms with Crippen molar-refractivity contribution in [2.45, 2.75) is 34.1 Å². The van der Waals surface area contributed by atoms with Gasteiger partial charge in [-0.05, 0) is 55.3 Å². The minimum absolute atomic E-state index is 0.338. The van der Waals surface area contributed by atoms with Crippen LogP contribution in [0.15, 0.2) is 60.1 Å². The summed E-state index contributed by atoms with van der Waals surface area (Å²) >= 11 is 1.44. The van der Waals surface area contributed by atoms with E-state index in [1.54, 1.807) is 30.5 Å². The van der Waals surface area contributed by atoms with E-state index in [0.717, 1.165) is 43.0 Å². The van der Waals surface area contributed by atoms with Crippen molar-refractivity contribution < 1.29 is 9.53 Å². The Labute approximate surface area is 218 Å². The summed E-state index contributed by atoms with van der Waals surface area (Å²) < 4.78 is 5.37. The van der Waals surface area contributed by atoms with E-state index in [2.05, 4.69) is 73.2 Å². The maximum Gasteiger partial charge on any atom is 0.338 e. The van der Waals surface area contributed by atoms with Gasteiger partial charge in [0.15, 0.2) is 0 Å². The van der Waals surface area contributed by atoms with E-state index in [4.69, 9.17) is 4.74 Å². The number of nitrogens with one attached hydrogen (secondary N) is 1. The lowest BCUT2D eigenvalue weighted by Crippen LogP contribution is -2.27. The first-order valence-corrected chi connectivity index (χ1v) is 13.2. The first-order valence-electron chi connectivity index (χ1n) is 12.3.